The second-order valence-electron chi connectivity index (χ2n) is 2.33. The van der Waals surface area contributed by atoms with Gasteiger partial charge >= 0.3 is 0 Å². The average Bonchev–Trinajstić information content (AvgIpc) is 2.09. The summed E-state index contributed by atoms with van der Waals surface area (Å²) in [7, 11) is 0. The van der Waals surface area contributed by atoms with Crippen molar-refractivity contribution in [1.82, 2.24) is 0 Å². The monoisotopic (exact) mass is 170 g/mol. The lowest BCUT2D eigenvalue weighted by molar-refractivity contribution is 1.60. The maximum atomic E-state index is 2.98. The van der Waals surface area contributed by atoms with Crippen LogP contribution < -0.4 is 0 Å². The molecule has 0 bridgehead atoms. The predicted octanol–water partition coefficient (Wildman–Crippen LogP) is 3.07. The largest absolute Gasteiger partial charge is 0.101 e. The quantitative estimate of drug-likeness (QED) is 0.525. The summed E-state index contributed by atoms with van der Waals surface area (Å²) in [5, 5.41) is 0. The SMILES string of the molecule is C.CC#Cc1ccc(C#CC)cc1. The van der Waals surface area contributed by atoms with E-state index in [2.05, 4.69) is 23.7 Å². The van der Waals surface area contributed by atoms with Crippen molar-refractivity contribution in [3.8, 4) is 23.7 Å². The van der Waals surface area contributed by atoms with Crippen molar-refractivity contribution < 1.29 is 0 Å². The lowest BCUT2D eigenvalue weighted by Crippen LogP contribution is -1.75. The van der Waals surface area contributed by atoms with Crippen LogP contribution in [0.15, 0.2) is 24.3 Å². The van der Waals surface area contributed by atoms with Crippen LogP contribution in [0.3, 0.4) is 0 Å². The molecule has 0 unspecified atom stereocenters. The fraction of sp³-hybridized carbons (Fsp3) is 0.231. The number of benzene rings is 1. The van der Waals surface area contributed by atoms with Crippen LogP contribution in [0.1, 0.15) is 32.4 Å². The molecular weight excluding hydrogens is 156 g/mol. The van der Waals surface area contributed by atoms with E-state index in [1.54, 1.807) is 0 Å². The highest BCUT2D eigenvalue weighted by molar-refractivity contribution is 5.41. The summed E-state index contributed by atoms with van der Waals surface area (Å²) < 4.78 is 0. The first-order valence-corrected chi connectivity index (χ1v) is 3.82. The van der Waals surface area contributed by atoms with Crippen molar-refractivity contribution in [2.45, 2.75) is 21.3 Å². The van der Waals surface area contributed by atoms with Crippen LogP contribution in [0.4, 0.5) is 0 Å². The molecule has 0 N–H and O–H groups in total. The maximum absolute atomic E-state index is 2.98. The molecule has 0 heterocycles. The van der Waals surface area contributed by atoms with E-state index in [9.17, 15) is 0 Å². The third-order valence-electron chi connectivity index (χ3n) is 1.42. The zero-order valence-corrected chi connectivity index (χ0v) is 7.31. The molecule has 0 fully saturated rings. The molecule has 0 aliphatic carbocycles. The third-order valence-corrected chi connectivity index (χ3v) is 1.42. The van der Waals surface area contributed by atoms with Gasteiger partial charge in [-0.25, -0.2) is 0 Å². The lowest BCUT2D eigenvalue weighted by Gasteiger charge is -1.90. The predicted molar refractivity (Wildman–Crippen MR) is 58.3 cm³/mol. The molecule has 0 aliphatic heterocycles. The first-order chi connectivity index (χ1) is 5.86. The van der Waals surface area contributed by atoms with Crippen LogP contribution >= 0.6 is 0 Å². The normalized spacial score (nSPS) is 6.92. The van der Waals surface area contributed by atoms with Gasteiger partial charge in [-0.15, -0.1) is 11.8 Å². The summed E-state index contributed by atoms with van der Waals surface area (Å²) in [5.41, 5.74) is 2.08. The Kier molecular flexibility index (Phi) is 5.17. The highest BCUT2D eigenvalue weighted by Gasteiger charge is 1.86. The number of rotatable bonds is 0. The Morgan fingerprint density at radius 2 is 1.08 bits per heavy atom. The summed E-state index contributed by atoms with van der Waals surface area (Å²) >= 11 is 0. The maximum Gasteiger partial charge on any atom is 0.0245 e. The summed E-state index contributed by atoms with van der Waals surface area (Å²) in [6.07, 6.45) is 0. The molecule has 0 saturated carbocycles. The molecular formula is C13H14. The smallest absolute Gasteiger partial charge is 0.0245 e. The van der Waals surface area contributed by atoms with E-state index in [1.807, 2.05) is 38.1 Å². The van der Waals surface area contributed by atoms with Crippen LogP contribution in [0.5, 0.6) is 0 Å². The Balaban J connectivity index is 0.00000144. The van der Waals surface area contributed by atoms with Gasteiger partial charge in [0.15, 0.2) is 0 Å². The van der Waals surface area contributed by atoms with Crippen molar-refractivity contribution in [2.24, 2.45) is 0 Å². The van der Waals surface area contributed by atoms with Gasteiger partial charge in [0.05, 0.1) is 0 Å². The van der Waals surface area contributed by atoms with Gasteiger partial charge in [0.25, 0.3) is 0 Å². The molecule has 13 heavy (non-hydrogen) atoms. The zero-order valence-electron chi connectivity index (χ0n) is 7.31. The number of hydrogen-bond acceptors (Lipinski definition) is 0. The third kappa shape index (κ3) is 3.50. The van der Waals surface area contributed by atoms with Gasteiger partial charge < -0.3 is 0 Å². The van der Waals surface area contributed by atoms with Crippen LogP contribution in [-0.4, -0.2) is 0 Å². The molecule has 66 valence electrons. The van der Waals surface area contributed by atoms with E-state index < -0.39 is 0 Å². The summed E-state index contributed by atoms with van der Waals surface area (Å²) in [4.78, 5) is 0. The molecule has 0 amide bonds. The zero-order chi connectivity index (χ0) is 8.81. The van der Waals surface area contributed by atoms with E-state index >= 15 is 0 Å². The molecule has 0 aliphatic rings. The van der Waals surface area contributed by atoms with Crippen molar-refractivity contribution in [2.75, 3.05) is 0 Å². The van der Waals surface area contributed by atoms with Gasteiger partial charge in [-0.3, -0.25) is 0 Å². The van der Waals surface area contributed by atoms with Crippen molar-refractivity contribution >= 4 is 0 Å². The van der Waals surface area contributed by atoms with Gasteiger partial charge in [0, 0.05) is 11.1 Å². The summed E-state index contributed by atoms with van der Waals surface area (Å²) in [5.74, 6) is 11.7. The topological polar surface area (TPSA) is 0 Å². The lowest BCUT2D eigenvalue weighted by atomic mass is 10.1. The highest BCUT2D eigenvalue weighted by atomic mass is 13.9. The summed E-state index contributed by atoms with van der Waals surface area (Å²) in [6, 6.07) is 7.93. The second-order valence-corrected chi connectivity index (χ2v) is 2.33. The molecule has 0 saturated heterocycles. The van der Waals surface area contributed by atoms with Crippen LogP contribution in [-0.2, 0) is 0 Å². The van der Waals surface area contributed by atoms with E-state index in [1.165, 1.54) is 0 Å². The van der Waals surface area contributed by atoms with E-state index in [0.29, 0.717) is 0 Å². The van der Waals surface area contributed by atoms with Gasteiger partial charge in [0.2, 0.25) is 0 Å². The molecule has 0 nitrogen and oxygen atoms in total. The van der Waals surface area contributed by atoms with Crippen LogP contribution in [0, 0.1) is 23.7 Å². The Labute approximate surface area is 81.0 Å². The second kappa shape index (κ2) is 5.92. The molecule has 0 spiro atoms. The molecule has 0 aromatic heterocycles. The minimum atomic E-state index is 0. The Morgan fingerprint density at radius 3 is 1.31 bits per heavy atom. The molecule has 1 rings (SSSR count). The fourth-order valence-corrected chi connectivity index (χ4v) is 0.926. The van der Waals surface area contributed by atoms with Gasteiger partial charge in [-0.1, -0.05) is 19.3 Å². The van der Waals surface area contributed by atoms with Crippen LogP contribution in [0.2, 0.25) is 0 Å². The summed E-state index contributed by atoms with van der Waals surface area (Å²) in [6.45, 7) is 3.67. The minimum Gasteiger partial charge on any atom is -0.101 e. The average molecular weight is 170 g/mol. The highest BCUT2D eigenvalue weighted by Crippen LogP contribution is 2.01. The Morgan fingerprint density at radius 1 is 0.769 bits per heavy atom. The number of hydrogen-bond donors (Lipinski definition) is 0. The minimum absolute atomic E-state index is 0. The molecule has 1 aromatic carbocycles. The molecule has 0 heteroatoms. The van der Waals surface area contributed by atoms with E-state index in [-0.39, 0.29) is 7.43 Å². The Hall–Kier alpha value is -1.66. The van der Waals surface area contributed by atoms with Crippen molar-refractivity contribution in [3.05, 3.63) is 35.4 Å². The first kappa shape index (κ1) is 11.3. The van der Waals surface area contributed by atoms with Gasteiger partial charge in [-0.05, 0) is 38.1 Å². The fourth-order valence-electron chi connectivity index (χ4n) is 0.926. The van der Waals surface area contributed by atoms with Crippen molar-refractivity contribution in [1.29, 1.82) is 0 Å². The molecule has 1 aromatic rings. The molecule has 0 atom stereocenters. The van der Waals surface area contributed by atoms with Crippen molar-refractivity contribution in [3.63, 3.8) is 0 Å². The van der Waals surface area contributed by atoms with E-state index in [0.717, 1.165) is 11.1 Å². The van der Waals surface area contributed by atoms with Gasteiger partial charge in [-0.2, -0.15) is 0 Å². The van der Waals surface area contributed by atoms with Crippen LogP contribution in [0.25, 0.3) is 0 Å². The Bertz CT molecular complexity index is 321. The van der Waals surface area contributed by atoms with E-state index in [4.69, 9.17) is 0 Å². The first-order valence-electron chi connectivity index (χ1n) is 3.82. The van der Waals surface area contributed by atoms with Gasteiger partial charge in [0.1, 0.15) is 0 Å². The standard InChI is InChI=1S/C12H10.CH4/c1-3-5-11-7-9-12(6-4-2)10-8-11;/h7-10H,1-2H3;1H4. The molecule has 0 radical (unpaired) electrons.